The summed E-state index contributed by atoms with van der Waals surface area (Å²) in [6, 6.07) is 8.36. The van der Waals surface area contributed by atoms with Gasteiger partial charge in [0.1, 0.15) is 6.04 Å². The zero-order valence-corrected chi connectivity index (χ0v) is 11.3. The van der Waals surface area contributed by atoms with Gasteiger partial charge in [0.2, 0.25) is 0 Å². The normalized spacial score (nSPS) is 16.7. The third kappa shape index (κ3) is 3.10. The molecular formula is C15H21NO2. The summed E-state index contributed by atoms with van der Waals surface area (Å²) in [5.41, 5.74) is 2.27. The van der Waals surface area contributed by atoms with Crippen LogP contribution in [-0.4, -0.2) is 19.1 Å². The molecule has 1 fully saturated rings. The molecule has 1 N–H and O–H groups in total. The van der Waals surface area contributed by atoms with E-state index < -0.39 is 0 Å². The number of ether oxygens (including phenoxy) is 1. The summed E-state index contributed by atoms with van der Waals surface area (Å²) in [5, 5.41) is 3.33. The quantitative estimate of drug-likeness (QED) is 0.813. The zero-order valence-electron chi connectivity index (χ0n) is 11.3. The fourth-order valence-electron chi connectivity index (χ4n) is 1.98. The summed E-state index contributed by atoms with van der Waals surface area (Å²) in [6.07, 6.45) is 2.30. The first-order valence-electron chi connectivity index (χ1n) is 6.55. The minimum Gasteiger partial charge on any atom is -0.468 e. The minimum atomic E-state index is -0.330. The van der Waals surface area contributed by atoms with Crippen molar-refractivity contribution in [1.82, 2.24) is 5.32 Å². The number of carbonyl (C=O) groups is 1. The average molecular weight is 247 g/mol. The summed E-state index contributed by atoms with van der Waals surface area (Å²) in [4.78, 5) is 11.8. The second kappa shape index (κ2) is 5.53. The molecule has 3 heteroatoms. The number of rotatable bonds is 5. The maximum Gasteiger partial charge on any atom is 0.327 e. The maximum absolute atomic E-state index is 11.8. The Hall–Kier alpha value is -1.35. The molecule has 0 aromatic heterocycles. The summed E-state index contributed by atoms with van der Waals surface area (Å²) in [5.74, 6) is 0.297. The Labute approximate surface area is 109 Å². The fraction of sp³-hybridized carbons (Fsp3) is 0.533. The smallest absolute Gasteiger partial charge is 0.327 e. The van der Waals surface area contributed by atoms with Gasteiger partial charge in [-0.2, -0.15) is 0 Å². The van der Waals surface area contributed by atoms with Crippen LogP contribution >= 0.6 is 0 Å². The van der Waals surface area contributed by atoms with E-state index in [0.29, 0.717) is 12.0 Å². The molecule has 1 aliphatic rings. The monoisotopic (exact) mass is 247 g/mol. The third-order valence-electron chi connectivity index (χ3n) is 3.35. The number of esters is 1. The molecule has 0 spiro atoms. The molecule has 1 unspecified atom stereocenters. The van der Waals surface area contributed by atoms with Crippen molar-refractivity contribution in [3.8, 4) is 0 Å². The second-order valence-electron chi connectivity index (χ2n) is 5.22. The van der Waals surface area contributed by atoms with Crippen LogP contribution in [0.2, 0.25) is 0 Å². The van der Waals surface area contributed by atoms with Gasteiger partial charge < -0.3 is 4.74 Å². The van der Waals surface area contributed by atoms with Crippen LogP contribution in [0.25, 0.3) is 0 Å². The van der Waals surface area contributed by atoms with E-state index in [4.69, 9.17) is 4.74 Å². The van der Waals surface area contributed by atoms with E-state index in [0.717, 1.165) is 18.4 Å². The van der Waals surface area contributed by atoms with Crippen LogP contribution in [0.3, 0.4) is 0 Å². The van der Waals surface area contributed by atoms with Crippen molar-refractivity contribution >= 4 is 5.97 Å². The molecule has 1 aliphatic carbocycles. The molecule has 2 rings (SSSR count). The SMILES string of the molecule is COC(=O)C(NC1CC1)c1ccc(C(C)C)cc1. The minimum absolute atomic E-state index is 0.209. The summed E-state index contributed by atoms with van der Waals surface area (Å²) < 4.78 is 4.87. The molecule has 18 heavy (non-hydrogen) atoms. The van der Waals surface area contributed by atoms with E-state index in [1.807, 2.05) is 12.1 Å². The van der Waals surface area contributed by atoms with Crippen molar-refractivity contribution in [3.05, 3.63) is 35.4 Å². The van der Waals surface area contributed by atoms with Crippen LogP contribution < -0.4 is 5.32 Å². The summed E-state index contributed by atoms with van der Waals surface area (Å²) in [7, 11) is 1.44. The Bertz CT molecular complexity index is 407. The summed E-state index contributed by atoms with van der Waals surface area (Å²) in [6.45, 7) is 4.32. The lowest BCUT2D eigenvalue weighted by molar-refractivity contribution is -0.143. The Morgan fingerprint density at radius 3 is 2.22 bits per heavy atom. The topological polar surface area (TPSA) is 38.3 Å². The van der Waals surface area contributed by atoms with Crippen LogP contribution in [0.15, 0.2) is 24.3 Å². The molecule has 1 atom stereocenters. The lowest BCUT2D eigenvalue weighted by Crippen LogP contribution is -2.31. The van der Waals surface area contributed by atoms with E-state index in [9.17, 15) is 4.79 Å². The summed E-state index contributed by atoms with van der Waals surface area (Å²) >= 11 is 0. The number of carbonyl (C=O) groups excluding carboxylic acids is 1. The highest BCUT2D eigenvalue weighted by molar-refractivity contribution is 5.77. The Kier molecular flexibility index (Phi) is 4.02. The molecule has 0 amide bonds. The van der Waals surface area contributed by atoms with Crippen molar-refractivity contribution in [2.24, 2.45) is 0 Å². The first-order chi connectivity index (χ1) is 8.61. The van der Waals surface area contributed by atoms with Crippen LogP contribution in [0.5, 0.6) is 0 Å². The van der Waals surface area contributed by atoms with Gasteiger partial charge in [-0.1, -0.05) is 38.1 Å². The van der Waals surface area contributed by atoms with Crippen molar-refractivity contribution in [3.63, 3.8) is 0 Å². The van der Waals surface area contributed by atoms with Gasteiger partial charge in [-0.05, 0) is 29.9 Å². The van der Waals surface area contributed by atoms with Crippen LogP contribution in [-0.2, 0) is 9.53 Å². The molecule has 98 valence electrons. The first kappa shape index (κ1) is 13.1. The number of nitrogens with one attached hydrogen (secondary N) is 1. The van der Waals surface area contributed by atoms with E-state index in [-0.39, 0.29) is 12.0 Å². The highest BCUT2D eigenvalue weighted by Gasteiger charge is 2.29. The fourth-order valence-corrected chi connectivity index (χ4v) is 1.98. The Morgan fingerprint density at radius 2 is 1.78 bits per heavy atom. The standard InChI is InChI=1S/C15H21NO2/c1-10(2)11-4-6-12(7-5-11)14(15(17)18-3)16-13-8-9-13/h4-7,10,13-14,16H,8-9H2,1-3H3. The Morgan fingerprint density at radius 1 is 1.22 bits per heavy atom. The van der Waals surface area contributed by atoms with Crippen LogP contribution in [0, 0.1) is 0 Å². The van der Waals surface area contributed by atoms with Gasteiger partial charge in [-0.15, -0.1) is 0 Å². The molecule has 3 nitrogen and oxygen atoms in total. The molecule has 0 bridgehead atoms. The van der Waals surface area contributed by atoms with Gasteiger partial charge in [-0.25, -0.2) is 4.79 Å². The van der Waals surface area contributed by atoms with Crippen molar-refractivity contribution in [2.75, 3.05) is 7.11 Å². The highest BCUT2D eigenvalue weighted by atomic mass is 16.5. The van der Waals surface area contributed by atoms with Gasteiger partial charge in [0.25, 0.3) is 0 Å². The van der Waals surface area contributed by atoms with Crippen molar-refractivity contribution in [1.29, 1.82) is 0 Å². The zero-order chi connectivity index (χ0) is 13.1. The molecule has 0 saturated heterocycles. The molecular weight excluding hydrogens is 226 g/mol. The van der Waals surface area contributed by atoms with Crippen molar-refractivity contribution < 1.29 is 9.53 Å². The predicted octanol–water partition coefficient (Wildman–Crippen LogP) is 2.78. The maximum atomic E-state index is 11.8. The number of benzene rings is 1. The van der Waals surface area contributed by atoms with Gasteiger partial charge in [-0.3, -0.25) is 5.32 Å². The highest BCUT2D eigenvalue weighted by Crippen LogP contribution is 2.26. The molecule has 1 saturated carbocycles. The predicted molar refractivity (Wildman–Crippen MR) is 71.4 cm³/mol. The lowest BCUT2D eigenvalue weighted by Gasteiger charge is -2.17. The van der Waals surface area contributed by atoms with E-state index in [1.165, 1.54) is 12.7 Å². The first-order valence-corrected chi connectivity index (χ1v) is 6.55. The van der Waals surface area contributed by atoms with Gasteiger partial charge in [0, 0.05) is 6.04 Å². The van der Waals surface area contributed by atoms with E-state index >= 15 is 0 Å². The van der Waals surface area contributed by atoms with Crippen LogP contribution in [0.1, 0.15) is 49.8 Å². The largest absolute Gasteiger partial charge is 0.468 e. The van der Waals surface area contributed by atoms with E-state index in [2.05, 4.69) is 31.3 Å². The molecule has 0 aliphatic heterocycles. The van der Waals surface area contributed by atoms with Gasteiger partial charge in [0.15, 0.2) is 0 Å². The second-order valence-corrected chi connectivity index (χ2v) is 5.22. The molecule has 0 radical (unpaired) electrons. The third-order valence-corrected chi connectivity index (χ3v) is 3.35. The number of hydrogen-bond acceptors (Lipinski definition) is 3. The molecule has 1 aromatic rings. The molecule has 1 aromatic carbocycles. The van der Waals surface area contributed by atoms with Gasteiger partial charge >= 0.3 is 5.97 Å². The lowest BCUT2D eigenvalue weighted by atomic mass is 9.99. The van der Waals surface area contributed by atoms with E-state index in [1.54, 1.807) is 0 Å². The average Bonchev–Trinajstić information content (AvgIpc) is 3.19. The number of methoxy groups -OCH3 is 1. The van der Waals surface area contributed by atoms with Crippen LogP contribution in [0.4, 0.5) is 0 Å². The van der Waals surface area contributed by atoms with Gasteiger partial charge in [0.05, 0.1) is 7.11 Å². The molecule has 0 heterocycles. The number of hydrogen-bond donors (Lipinski definition) is 1. The Balaban J connectivity index is 2.15. The van der Waals surface area contributed by atoms with Crippen molar-refractivity contribution in [2.45, 2.75) is 44.7 Å².